The van der Waals surface area contributed by atoms with E-state index in [1.54, 1.807) is 36.1 Å². The zero-order chi connectivity index (χ0) is 23.4. The number of methoxy groups -OCH3 is 1. The average Bonchev–Trinajstić information content (AvgIpc) is 3.48. The molecule has 0 radical (unpaired) electrons. The van der Waals surface area contributed by atoms with Gasteiger partial charge in [0.1, 0.15) is 5.75 Å². The molecule has 3 aromatic rings. The number of piperidine rings is 1. The Hall–Kier alpha value is -2.83. The van der Waals surface area contributed by atoms with Crippen LogP contribution < -0.4 is 10.1 Å². The predicted molar refractivity (Wildman–Crippen MR) is 124 cm³/mol. The Labute approximate surface area is 196 Å². The van der Waals surface area contributed by atoms with Gasteiger partial charge in [-0.3, -0.25) is 4.79 Å². The smallest absolute Gasteiger partial charge is 0.243 e. The molecule has 1 aliphatic rings. The fourth-order valence-corrected chi connectivity index (χ4v) is 5.83. The van der Waals surface area contributed by atoms with Gasteiger partial charge in [-0.05, 0) is 43.2 Å². The Bertz CT molecular complexity index is 1220. The fourth-order valence-electron chi connectivity index (χ4n) is 3.58. The quantitative estimate of drug-likeness (QED) is 0.478. The first-order valence-electron chi connectivity index (χ1n) is 10.4. The van der Waals surface area contributed by atoms with Crippen molar-refractivity contribution in [1.82, 2.24) is 19.1 Å². The number of thioether (sulfide) groups is 1. The number of amides is 1. The van der Waals surface area contributed by atoms with Crippen LogP contribution in [-0.2, 0) is 21.9 Å². The highest BCUT2D eigenvalue weighted by Crippen LogP contribution is 2.30. The molecule has 1 amide bonds. The SMILES string of the molecule is COc1ccc(S(=O)(=O)N2CCCCC2)cc1NC(=O)CSc1nnc(-c2ccco2)n1C. The molecule has 0 atom stereocenters. The van der Waals surface area contributed by atoms with Gasteiger partial charge in [0, 0.05) is 20.1 Å². The lowest BCUT2D eigenvalue weighted by Gasteiger charge is -2.26. The van der Waals surface area contributed by atoms with Crippen molar-refractivity contribution < 1.29 is 22.4 Å². The highest BCUT2D eigenvalue weighted by Gasteiger charge is 2.27. The van der Waals surface area contributed by atoms with Crippen molar-refractivity contribution in [2.45, 2.75) is 29.3 Å². The van der Waals surface area contributed by atoms with Crippen molar-refractivity contribution in [3.63, 3.8) is 0 Å². The van der Waals surface area contributed by atoms with Gasteiger partial charge in [0.2, 0.25) is 15.9 Å². The van der Waals surface area contributed by atoms with Crippen LogP contribution in [0.15, 0.2) is 51.1 Å². The summed E-state index contributed by atoms with van der Waals surface area (Å²) in [5, 5.41) is 11.5. The number of hydrogen-bond acceptors (Lipinski definition) is 8. The first kappa shape index (κ1) is 23.3. The van der Waals surface area contributed by atoms with Crippen molar-refractivity contribution in [3.8, 4) is 17.3 Å². The van der Waals surface area contributed by atoms with Gasteiger partial charge < -0.3 is 19.0 Å². The summed E-state index contributed by atoms with van der Waals surface area (Å²) in [6.07, 6.45) is 4.28. The summed E-state index contributed by atoms with van der Waals surface area (Å²) in [6, 6.07) is 8.04. The number of anilines is 1. The molecule has 0 bridgehead atoms. The molecule has 3 heterocycles. The van der Waals surface area contributed by atoms with Gasteiger partial charge in [-0.15, -0.1) is 10.2 Å². The second-order valence-electron chi connectivity index (χ2n) is 7.51. The van der Waals surface area contributed by atoms with Crippen molar-refractivity contribution in [1.29, 1.82) is 0 Å². The zero-order valence-corrected chi connectivity index (χ0v) is 20.0. The van der Waals surface area contributed by atoms with Gasteiger partial charge in [-0.2, -0.15) is 4.31 Å². The van der Waals surface area contributed by atoms with Crippen LogP contribution >= 0.6 is 11.8 Å². The van der Waals surface area contributed by atoms with Gasteiger partial charge in [0.05, 0.1) is 29.7 Å². The third kappa shape index (κ3) is 5.07. The molecule has 176 valence electrons. The molecule has 4 rings (SSSR count). The first-order valence-corrected chi connectivity index (χ1v) is 12.9. The molecule has 0 unspecified atom stereocenters. The van der Waals surface area contributed by atoms with E-state index in [0.29, 0.717) is 41.3 Å². The van der Waals surface area contributed by atoms with Gasteiger partial charge in [0.15, 0.2) is 16.7 Å². The van der Waals surface area contributed by atoms with E-state index in [1.165, 1.54) is 35.3 Å². The Morgan fingerprint density at radius 2 is 2.00 bits per heavy atom. The molecule has 1 aromatic carbocycles. The highest BCUT2D eigenvalue weighted by molar-refractivity contribution is 7.99. The van der Waals surface area contributed by atoms with Gasteiger partial charge in [-0.25, -0.2) is 8.42 Å². The average molecular weight is 492 g/mol. The number of benzene rings is 1. The molecule has 0 spiro atoms. The second-order valence-corrected chi connectivity index (χ2v) is 10.4. The zero-order valence-electron chi connectivity index (χ0n) is 18.4. The van der Waals surface area contributed by atoms with E-state index in [4.69, 9.17) is 9.15 Å². The Morgan fingerprint density at radius 1 is 1.21 bits per heavy atom. The number of furan rings is 1. The number of carbonyl (C=O) groups excluding carboxylic acids is 1. The van der Waals surface area contributed by atoms with Crippen LogP contribution in [0.3, 0.4) is 0 Å². The van der Waals surface area contributed by atoms with Crippen LogP contribution in [0.1, 0.15) is 19.3 Å². The lowest BCUT2D eigenvalue weighted by atomic mass is 10.2. The molecule has 12 heteroatoms. The van der Waals surface area contributed by atoms with Crippen LogP contribution in [0.4, 0.5) is 5.69 Å². The number of rotatable bonds is 8. The number of carbonyl (C=O) groups is 1. The third-order valence-corrected chi connectivity index (χ3v) is 8.22. The van der Waals surface area contributed by atoms with Crippen molar-refractivity contribution in [3.05, 3.63) is 36.6 Å². The number of hydrogen-bond donors (Lipinski definition) is 1. The number of nitrogens with zero attached hydrogens (tertiary/aromatic N) is 4. The number of ether oxygens (including phenoxy) is 1. The van der Waals surface area contributed by atoms with E-state index >= 15 is 0 Å². The molecule has 2 aromatic heterocycles. The van der Waals surface area contributed by atoms with E-state index < -0.39 is 10.0 Å². The fraction of sp³-hybridized carbons (Fsp3) is 0.381. The normalized spacial score (nSPS) is 14.8. The van der Waals surface area contributed by atoms with E-state index in [1.807, 2.05) is 0 Å². The molecular weight excluding hydrogens is 466 g/mol. The maximum absolute atomic E-state index is 13.0. The molecule has 10 nitrogen and oxygen atoms in total. The van der Waals surface area contributed by atoms with Crippen LogP contribution in [0.2, 0.25) is 0 Å². The monoisotopic (exact) mass is 491 g/mol. The van der Waals surface area contributed by atoms with Crippen LogP contribution in [-0.4, -0.2) is 59.3 Å². The van der Waals surface area contributed by atoms with Crippen molar-refractivity contribution >= 4 is 33.4 Å². The second kappa shape index (κ2) is 9.98. The standard InChI is InChI=1S/C21H25N5O5S2/c1-25-20(18-7-6-12-31-18)23-24-21(25)32-14-19(27)22-16-13-15(8-9-17(16)30-2)33(28,29)26-10-4-3-5-11-26/h6-9,12-13H,3-5,10-11,14H2,1-2H3,(H,22,27). The topological polar surface area (TPSA) is 120 Å². The maximum atomic E-state index is 13.0. The summed E-state index contributed by atoms with van der Waals surface area (Å²) in [5.41, 5.74) is 0.301. The number of aromatic nitrogens is 3. The lowest BCUT2D eigenvalue weighted by molar-refractivity contribution is -0.113. The molecule has 1 saturated heterocycles. The molecule has 1 N–H and O–H groups in total. The van der Waals surface area contributed by atoms with E-state index in [9.17, 15) is 13.2 Å². The minimum atomic E-state index is -3.63. The number of nitrogens with one attached hydrogen (secondary N) is 1. The molecule has 33 heavy (non-hydrogen) atoms. The van der Waals surface area contributed by atoms with Gasteiger partial charge in [-0.1, -0.05) is 18.2 Å². The third-order valence-electron chi connectivity index (χ3n) is 5.31. The Morgan fingerprint density at radius 3 is 2.70 bits per heavy atom. The minimum Gasteiger partial charge on any atom is -0.495 e. The van der Waals surface area contributed by atoms with E-state index in [0.717, 1.165) is 19.3 Å². The Balaban J connectivity index is 1.46. The summed E-state index contributed by atoms with van der Waals surface area (Å²) in [4.78, 5) is 12.8. The summed E-state index contributed by atoms with van der Waals surface area (Å²) >= 11 is 1.21. The first-order chi connectivity index (χ1) is 15.9. The van der Waals surface area contributed by atoms with Crippen molar-refractivity contribution in [2.24, 2.45) is 7.05 Å². The lowest BCUT2D eigenvalue weighted by Crippen LogP contribution is -2.35. The Kier molecular flexibility index (Phi) is 7.05. The largest absolute Gasteiger partial charge is 0.495 e. The van der Waals surface area contributed by atoms with E-state index in [-0.39, 0.29) is 16.6 Å². The summed E-state index contributed by atoms with van der Waals surface area (Å²) in [5.74, 6) is 1.24. The van der Waals surface area contributed by atoms with Gasteiger partial charge >= 0.3 is 0 Å². The van der Waals surface area contributed by atoms with E-state index in [2.05, 4.69) is 15.5 Å². The molecule has 1 aliphatic heterocycles. The maximum Gasteiger partial charge on any atom is 0.243 e. The molecule has 0 aliphatic carbocycles. The summed E-state index contributed by atoms with van der Waals surface area (Å²) < 4.78 is 39.9. The minimum absolute atomic E-state index is 0.0520. The number of sulfonamides is 1. The van der Waals surface area contributed by atoms with Crippen LogP contribution in [0.5, 0.6) is 5.75 Å². The molecular formula is C21H25N5O5S2. The predicted octanol–water partition coefficient (Wildman–Crippen LogP) is 2.99. The van der Waals surface area contributed by atoms with Gasteiger partial charge in [0.25, 0.3) is 0 Å². The summed E-state index contributed by atoms with van der Waals surface area (Å²) in [7, 11) is -0.380. The highest BCUT2D eigenvalue weighted by atomic mass is 32.2. The van der Waals surface area contributed by atoms with Crippen LogP contribution in [0.25, 0.3) is 11.6 Å². The molecule has 1 fully saturated rings. The van der Waals surface area contributed by atoms with Crippen LogP contribution in [0, 0.1) is 0 Å². The molecule has 0 saturated carbocycles. The summed E-state index contributed by atoms with van der Waals surface area (Å²) in [6.45, 7) is 1.01. The van der Waals surface area contributed by atoms with Crippen molar-refractivity contribution in [2.75, 3.05) is 31.3 Å².